The van der Waals surface area contributed by atoms with Gasteiger partial charge in [0.25, 0.3) is 0 Å². The third kappa shape index (κ3) is 6.94. The third-order valence-corrected chi connectivity index (χ3v) is 6.51. The van der Waals surface area contributed by atoms with Gasteiger partial charge in [0.2, 0.25) is 0 Å². The van der Waals surface area contributed by atoms with Crippen LogP contribution in [0.25, 0.3) is 5.69 Å². The quantitative estimate of drug-likeness (QED) is 0.406. The smallest absolute Gasteiger partial charge is 0.306 e. The fourth-order valence-electron chi connectivity index (χ4n) is 4.68. The topological polar surface area (TPSA) is 94.3 Å². The molecule has 1 atom stereocenters. The van der Waals surface area contributed by atoms with Crippen LogP contribution in [0.1, 0.15) is 107 Å². The Bertz CT molecular complexity index is 1110. The third-order valence-electron chi connectivity index (χ3n) is 6.51. The minimum Gasteiger partial charge on any atom is -0.481 e. The molecule has 35 heavy (non-hydrogen) atoms. The van der Waals surface area contributed by atoms with Gasteiger partial charge in [0.15, 0.2) is 0 Å². The summed E-state index contributed by atoms with van der Waals surface area (Å²) in [5.41, 5.74) is 2.97. The van der Waals surface area contributed by atoms with Gasteiger partial charge in [0.1, 0.15) is 5.60 Å². The summed E-state index contributed by atoms with van der Waals surface area (Å²) >= 11 is 0. The van der Waals surface area contributed by atoms with Crippen molar-refractivity contribution in [2.45, 2.75) is 96.0 Å². The van der Waals surface area contributed by atoms with E-state index in [-0.39, 0.29) is 24.7 Å². The summed E-state index contributed by atoms with van der Waals surface area (Å²) < 4.78 is 7.37. The summed E-state index contributed by atoms with van der Waals surface area (Å²) in [6.45, 7) is 5.47. The SMILES string of the molecule is CC(C)(C)OC(=O)C[C@H](CCC(=O)O)c1nnn(-c2ccc(C#CC3CCCC3)cc2)c1C1CC1. The zero-order chi connectivity index (χ0) is 25.0. The van der Waals surface area contributed by atoms with E-state index in [4.69, 9.17) is 4.74 Å². The second kappa shape index (κ2) is 10.6. The highest BCUT2D eigenvalue weighted by atomic mass is 16.6. The minimum absolute atomic E-state index is 0.0429. The van der Waals surface area contributed by atoms with Crippen LogP contribution < -0.4 is 0 Å². The first-order chi connectivity index (χ1) is 16.7. The molecule has 2 fully saturated rings. The number of rotatable bonds is 8. The molecule has 2 saturated carbocycles. The molecule has 0 spiro atoms. The number of esters is 1. The molecule has 2 aromatic rings. The molecular weight excluding hydrogens is 442 g/mol. The average molecular weight is 478 g/mol. The molecule has 1 N–H and O–H groups in total. The molecule has 0 bridgehead atoms. The summed E-state index contributed by atoms with van der Waals surface area (Å²) in [6, 6.07) is 8.03. The highest BCUT2D eigenvalue weighted by molar-refractivity contribution is 5.71. The number of carboxylic acid groups (broad SMARTS) is 1. The summed E-state index contributed by atoms with van der Waals surface area (Å²) in [4.78, 5) is 23.9. The normalized spacial score (nSPS) is 17.0. The van der Waals surface area contributed by atoms with Gasteiger partial charge in [-0.3, -0.25) is 9.59 Å². The van der Waals surface area contributed by atoms with Crippen molar-refractivity contribution < 1.29 is 19.4 Å². The highest BCUT2D eigenvalue weighted by Crippen LogP contribution is 2.44. The standard InChI is InChI=1S/C28H35N3O4/c1-28(2,3)35-25(34)18-22(14-17-24(32)33)26-27(21-12-13-21)31(30-29-26)23-15-10-20(11-16-23)9-8-19-6-4-5-7-19/h10-11,15-16,19,21-22H,4-7,12-14,17-18H2,1-3H3,(H,32,33)/t22-/m0/s1. The van der Waals surface area contributed by atoms with Crippen LogP contribution in [0.5, 0.6) is 0 Å². The van der Waals surface area contributed by atoms with E-state index in [1.807, 2.05) is 49.7 Å². The Hall–Kier alpha value is -3.14. The Labute approximate surface area is 207 Å². The summed E-state index contributed by atoms with van der Waals surface area (Å²) in [7, 11) is 0. The maximum Gasteiger partial charge on any atom is 0.306 e. The number of aliphatic carboxylic acids is 1. The molecule has 0 aliphatic heterocycles. The highest BCUT2D eigenvalue weighted by Gasteiger charge is 2.35. The molecule has 0 radical (unpaired) electrons. The van der Waals surface area contributed by atoms with E-state index in [0.29, 0.717) is 24.0 Å². The molecule has 0 amide bonds. The molecule has 4 rings (SSSR count). The average Bonchev–Trinajstić information content (AvgIpc) is 3.31. The van der Waals surface area contributed by atoms with Crippen molar-refractivity contribution >= 4 is 11.9 Å². The van der Waals surface area contributed by atoms with E-state index >= 15 is 0 Å². The van der Waals surface area contributed by atoms with Crippen LogP contribution in [0, 0.1) is 17.8 Å². The van der Waals surface area contributed by atoms with Crippen molar-refractivity contribution in [3.63, 3.8) is 0 Å². The van der Waals surface area contributed by atoms with Gasteiger partial charge in [-0.2, -0.15) is 0 Å². The van der Waals surface area contributed by atoms with Crippen LogP contribution >= 0.6 is 0 Å². The van der Waals surface area contributed by atoms with Crippen LogP contribution in [0.4, 0.5) is 0 Å². The lowest BCUT2D eigenvalue weighted by atomic mass is 9.93. The second-order valence-corrected chi connectivity index (χ2v) is 10.8. The van der Waals surface area contributed by atoms with Crippen molar-refractivity contribution in [3.05, 3.63) is 41.2 Å². The van der Waals surface area contributed by atoms with Gasteiger partial charge >= 0.3 is 11.9 Å². The van der Waals surface area contributed by atoms with Crippen LogP contribution in [0.2, 0.25) is 0 Å². The van der Waals surface area contributed by atoms with E-state index in [1.54, 1.807) is 0 Å². The molecule has 1 aromatic carbocycles. The number of hydrogen-bond donors (Lipinski definition) is 1. The Morgan fingerprint density at radius 3 is 2.43 bits per heavy atom. The van der Waals surface area contributed by atoms with Gasteiger partial charge in [0.05, 0.1) is 23.5 Å². The number of aromatic nitrogens is 3. The molecule has 0 saturated heterocycles. The van der Waals surface area contributed by atoms with Gasteiger partial charge in [0, 0.05) is 29.7 Å². The van der Waals surface area contributed by atoms with E-state index in [9.17, 15) is 14.7 Å². The zero-order valence-corrected chi connectivity index (χ0v) is 20.9. The van der Waals surface area contributed by atoms with Crippen molar-refractivity contribution in [1.29, 1.82) is 0 Å². The van der Waals surface area contributed by atoms with Gasteiger partial charge in [-0.1, -0.05) is 29.9 Å². The number of carboxylic acids is 1. The molecule has 1 aromatic heterocycles. The fourth-order valence-corrected chi connectivity index (χ4v) is 4.68. The summed E-state index contributed by atoms with van der Waals surface area (Å²) in [5.74, 6) is 5.92. The predicted octanol–water partition coefficient (Wildman–Crippen LogP) is 5.37. The van der Waals surface area contributed by atoms with Gasteiger partial charge in [-0.15, -0.1) is 5.10 Å². The monoisotopic (exact) mass is 477 g/mol. The molecule has 186 valence electrons. The summed E-state index contributed by atoms with van der Waals surface area (Å²) in [6.07, 6.45) is 7.36. The molecule has 2 aliphatic carbocycles. The first-order valence-corrected chi connectivity index (χ1v) is 12.7. The van der Waals surface area contributed by atoms with E-state index in [0.717, 1.165) is 29.8 Å². The predicted molar refractivity (Wildman–Crippen MR) is 132 cm³/mol. The maximum absolute atomic E-state index is 12.6. The first-order valence-electron chi connectivity index (χ1n) is 12.7. The fraction of sp³-hybridized carbons (Fsp3) is 0.571. The van der Waals surface area contributed by atoms with Crippen LogP contribution in [0.15, 0.2) is 24.3 Å². The molecule has 1 heterocycles. The Morgan fingerprint density at radius 1 is 1.14 bits per heavy atom. The maximum atomic E-state index is 12.6. The Morgan fingerprint density at radius 2 is 1.83 bits per heavy atom. The Balaban J connectivity index is 1.58. The summed E-state index contributed by atoms with van der Waals surface area (Å²) in [5, 5.41) is 18.2. The Kier molecular flexibility index (Phi) is 7.59. The van der Waals surface area contributed by atoms with Crippen LogP contribution in [-0.2, 0) is 14.3 Å². The lowest BCUT2D eigenvalue weighted by molar-refractivity contribution is -0.155. The van der Waals surface area contributed by atoms with Crippen LogP contribution in [0.3, 0.4) is 0 Å². The number of nitrogens with zero attached hydrogens (tertiary/aromatic N) is 3. The lowest BCUT2D eigenvalue weighted by Crippen LogP contribution is -2.25. The molecular formula is C28H35N3O4. The zero-order valence-electron chi connectivity index (χ0n) is 20.9. The van der Waals surface area contributed by atoms with Gasteiger partial charge in [-0.05, 0) is 77.1 Å². The van der Waals surface area contributed by atoms with Crippen molar-refractivity contribution in [2.75, 3.05) is 0 Å². The molecule has 7 heteroatoms. The second-order valence-electron chi connectivity index (χ2n) is 10.8. The number of carbonyl (C=O) groups is 2. The van der Waals surface area contributed by atoms with Crippen LogP contribution in [-0.4, -0.2) is 37.6 Å². The number of carbonyl (C=O) groups excluding carboxylic acids is 1. The molecule has 2 aliphatic rings. The first kappa shape index (κ1) is 25.0. The molecule has 7 nitrogen and oxygen atoms in total. The lowest BCUT2D eigenvalue weighted by Gasteiger charge is -2.22. The molecule has 0 unspecified atom stereocenters. The van der Waals surface area contributed by atoms with Crippen molar-refractivity contribution in [3.8, 4) is 17.5 Å². The van der Waals surface area contributed by atoms with Crippen molar-refractivity contribution in [1.82, 2.24) is 15.0 Å². The van der Waals surface area contributed by atoms with E-state index in [2.05, 4.69) is 22.2 Å². The van der Waals surface area contributed by atoms with E-state index < -0.39 is 11.6 Å². The van der Waals surface area contributed by atoms with Gasteiger partial charge in [-0.25, -0.2) is 4.68 Å². The van der Waals surface area contributed by atoms with E-state index in [1.165, 1.54) is 25.7 Å². The number of benzene rings is 1. The largest absolute Gasteiger partial charge is 0.481 e. The van der Waals surface area contributed by atoms with Gasteiger partial charge < -0.3 is 9.84 Å². The number of hydrogen-bond acceptors (Lipinski definition) is 5. The van der Waals surface area contributed by atoms with Crippen molar-refractivity contribution in [2.24, 2.45) is 5.92 Å². The number of ether oxygens (including phenoxy) is 1. The minimum atomic E-state index is -0.895.